The molecule has 0 unspecified atom stereocenters. The van der Waals surface area contributed by atoms with Gasteiger partial charge in [-0.15, -0.1) is 11.3 Å². The second kappa shape index (κ2) is 6.42. The Kier molecular flexibility index (Phi) is 4.48. The molecule has 126 valence electrons. The zero-order valence-electron chi connectivity index (χ0n) is 12.9. The number of nitrogens with one attached hydrogen (secondary N) is 1. The van der Waals surface area contributed by atoms with Gasteiger partial charge in [-0.1, -0.05) is 17.3 Å². The van der Waals surface area contributed by atoms with E-state index in [2.05, 4.69) is 14.9 Å². The molecular weight excluding hydrogens is 353 g/mol. The van der Waals surface area contributed by atoms with Crippen molar-refractivity contribution in [3.63, 3.8) is 0 Å². The summed E-state index contributed by atoms with van der Waals surface area (Å²) in [6, 6.07) is 7.09. The summed E-state index contributed by atoms with van der Waals surface area (Å²) in [7, 11) is -3.57. The van der Waals surface area contributed by atoms with Gasteiger partial charge in [0.25, 0.3) is 5.89 Å². The van der Waals surface area contributed by atoms with Gasteiger partial charge in [0.1, 0.15) is 10.0 Å². The van der Waals surface area contributed by atoms with Crippen LogP contribution < -0.4 is 4.72 Å². The number of nitrogens with zero attached hydrogens (tertiary/aromatic N) is 2. The molecule has 3 rings (SSSR count). The van der Waals surface area contributed by atoms with Crippen molar-refractivity contribution in [1.82, 2.24) is 14.9 Å². The van der Waals surface area contributed by atoms with E-state index >= 15 is 0 Å². The van der Waals surface area contributed by atoms with Gasteiger partial charge in [-0.2, -0.15) is 4.98 Å². The van der Waals surface area contributed by atoms with Crippen molar-refractivity contribution in [1.29, 1.82) is 0 Å². The molecule has 6 nitrogen and oxygen atoms in total. The monoisotopic (exact) mass is 367 g/mol. The van der Waals surface area contributed by atoms with Crippen LogP contribution in [0.15, 0.2) is 44.4 Å². The van der Waals surface area contributed by atoms with E-state index in [1.165, 1.54) is 18.2 Å². The molecule has 0 atom stereocenters. The van der Waals surface area contributed by atoms with E-state index in [4.69, 9.17) is 4.52 Å². The van der Waals surface area contributed by atoms with Crippen LogP contribution in [0.1, 0.15) is 13.8 Å². The summed E-state index contributed by atoms with van der Waals surface area (Å²) >= 11 is 1.06. The van der Waals surface area contributed by atoms with Crippen LogP contribution in [-0.4, -0.2) is 24.6 Å². The van der Waals surface area contributed by atoms with E-state index in [0.29, 0.717) is 11.1 Å². The molecule has 0 fully saturated rings. The molecule has 1 aromatic carbocycles. The van der Waals surface area contributed by atoms with Crippen molar-refractivity contribution >= 4 is 21.4 Å². The Morgan fingerprint density at radius 1 is 1.25 bits per heavy atom. The van der Waals surface area contributed by atoms with Crippen LogP contribution in [-0.2, 0) is 10.0 Å². The Labute approximate surface area is 142 Å². The summed E-state index contributed by atoms with van der Waals surface area (Å²) in [6.45, 7) is 3.49. The molecule has 0 spiro atoms. The first kappa shape index (κ1) is 16.7. The van der Waals surface area contributed by atoms with E-state index in [-0.39, 0.29) is 22.0 Å². The number of benzene rings is 1. The maximum atomic E-state index is 13.3. The topological polar surface area (TPSA) is 85.1 Å². The highest BCUT2D eigenvalue weighted by Gasteiger charge is 2.20. The highest BCUT2D eigenvalue weighted by Crippen LogP contribution is 2.29. The number of thiophene rings is 1. The Bertz CT molecular complexity index is 964. The quantitative estimate of drug-likeness (QED) is 0.748. The third kappa shape index (κ3) is 3.53. The highest BCUT2D eigenvalue weighted by molar-refractivity contribution is 7.91. The summed E-state index contributed by atoms with van der Waals surface area (Å²) in [4.78, 5) is 4.20. The Hall–Kier alpha value is -2.10. The SMILES string of the molecule is CC(C)NS(=O)(=O)c1cc(-c2nc(-c3cccc(F)c3)no2)cs1. The fourth-order valence-corrected chi connectivity index (χ4v) is 4.44. The van der Waals surface area contributed by atoms with Crippen LogP contribution in [0.4, 0.5) is 4.39 Å². The summed E-state index contributed by atoms with van der Waals surface area (Å²) < 4.78 is 45.4. The summed E-state index contributed by atoms with van der Waals surface area (Å²) in [5, 5.41) is 5.43. The van der Waals surface area contributed by atoms with E-state index in [1.807, 2.05) is 0 Å². The van der Waals surface area contributed by atoms with Crippen molar-refractivity contribution < 1.29 is 17.3 Å². The highest BCUT2D eigenvalue weighted by atomic mass is 32.2. The van der Waals surface area contributed by atoms with Crippen LogP contribution in [0.25, 0.3) is 22.8 Å². The molecule has 0 saturated heterocycles. The van der Waals surface area contributed by atoms with Crippen LogP contribution in [0.2, 0.25) is 0 Å². The van der Waals surface area contributed by atoms with Crippen LogP contribution in [0.3, 0.4) is 0 Å². The van der Waals surface area contributed by atoms with Gasteiger partial charge in [0.05, 0.1) is 5.56 Å². The maximum absolute atomic E-state index is 13.3. The van der Waals surface area contributed by atoms with Gasteiger partial charge < -0.3 is 4.52 Å². The van der Waals surface area contributed by atoms with Crippen molar-refractivity contribution in [3.05, 3.63) is 41.5 Å². The van der Waals surface area contributed by atoms with Crippen molar-refractivity contribution in [3.8, 4) is 22.8 Å². The lowest BCUT2D eigenvalue weighted by molar-refractivity contribution is 0.432. The fourth-order valence-electron chi connectivity index (χ4n) is 2.02. The van der Waals surface area contributed by atoms with Gasteiger partial charge in [0.15, 0.2) is 0 Å². The van der Waals surface area contributed by atoms with Crippen LogP contribution >= 0.6 is 11.3 Å². The Morgan fingerprint density at radius 3 is 2.75 bits per heavy atom. The average Bonchev–Trinajstić information content (AvgIpc) is 3.15. The molecule has 0 amide bonds. The number of aromatic nitrogens is 2. The molecule has 0 aliphatic carbocycles. The first-order valence-electron chi connectivity index (χ1n) is 7.06. The molecule has 1 N–H and O–H groups in total. The van der Waals surface area contributed by atoms with E-state index in [9.17, 15) is 12.8 Å². The molecule has 2 heterocycles. The number of halogens is 1. The largest absolute Gasteiger partial charge is 0.334 e. The Morgan fingerprint density at radius 2 is 2.04 bits per heavy atom. The minimum atomic E-state index is -3.57. The molecule has 3 aromatic rings. The Balaban J connectivity index is 1.89. The first-order valence-corrected chi connectivity index (χ1v) is 9.42. The third-order valence-electron chi connectivity index (χ3n) is 2.99. The standard InChI is InChI=1S/C15H14FN3O3S2/c1-9(2)19-24(20,21)13-7-11(8-23-13)15-17-14(18-22-15)10-4-3-5-12(16)6-10/h3-9,19H,1-2H3. The molecule has 0 bridgehead atoms. The van der Waals surface area contributed by atoms with Gasteiger partial charge in [-0.05, 0) is 32.0 Å². The third-order valence-corrected chi connectivity index (χ3v) is 6.09. The lowest BCUT2D eigenvalue weighted by Crippen LogP contribution is -2.29. The normalized spacial score (nSPS) is 12.0. The van der Waals surface area contributed by atoms with Gasteiger partial charge >= 0.3 is 0 Å². The van der Waals surface area contributed by atoms with Crippen LogP contribution in [0, 0.1) is 5.82 Å². The minimum Gasteiger partial charge on any atom is -0.334 e. The van der Waals surface area contributed by atoms with Crippen LogP contribution in [0.5, 0.6) is 0 Å². The molecule has 24 heavy (non-hydrogen) atoms. The molecule has 9 heteroatoms. The smallest absolute Gasteiger partial charge is 0.259 e. The predicted octanol–water partition coefficient (Wildman–Crippen LogP) is 3.29. The second-order valence-electron chi connectivity index (χ2n) is 5.36. The second-order valence-corrected chi connectivity index (χ2v) is 8.22. The zero-order valence-corrected chi connectivity index (χ0v) is 14.5. The van der Waals surface area contributed by atoms with Gasteiger partial charge in [0, 0.05) is 17.0 Å². The molecule has 0 radical (unpaired) electrons. The summed E-state index contributed by atoms with van der Waals surface area (Å²) in [5.74, 6) is 0.0134. The van der Waals surface area contributed by atoms with Crippen molar-refractivity contribution in [2.45, 2.75) is 24.1 Å². The van der Waals surface area contributed by atoms with E-state index in [1.54, 1.807) is 31.4 Å². The number of hydrogen-bond acceptors (Lipinski definition) is 6. The predicted molar refractivity (Wildman–Crippen MR) is 88.5 cm³/mol. The molecule has 2 aromatic heterocycles. The lowest BCUT2D eigenvalue weighted by atomic mass is 10.2. The van der Waals surface area contributed by atoms with Gasteiger partial charge in [0.2, 0.25) is 15.8 Å². The number of rotatable bonds is 5. The molecule has 0 saturated carbocycles. The van der Waals surface area contributed by atoms with Gasteiger partial charge in [-0.25, -0.2) is 17.5 Å². The van der Waals surface area contributed by atoms with E-state index < -0.39 is 15.8 Å². The zero-order chi connectivity index (χ0) is 17.3. The molecule has 0 aliphatic rings. The average molecular weight is 367 g/mol. The number of sulfonamides is 1. The number of hydrogen-bond donors (Lipinski definition) is 1. The minimum absolute atomic E-state index is 0.164. The molecule has 0 aliphatic heterocycles. The molecular formula is C15H14FN3O3S2. The summed E-state index contributed by atoms with van der Waals surface area (Å²) in [5.41, 5.74) is 0.980. The lowest BCUT2D eigenvalue weighted by Gasteiger charge is -2.06. The van der Waals surface area contributed by atoms with Crippen molar-refractivity contribution in [2.75, 3.05) is 0 Å². The summed E-state index contributed by atoms with van der Waals surface area (Å²) in [6.07, 6.45) is 0. The van der Waals surface area contributed by atoms with Gasteiger partial charge in [-0.3, -0.25) is 0 Å². The fraction of sp³-hybridized carbons (Fsp3) is 0.200. The first-order chi connectivity index (χ1) is 11.3. The maximum Gasteiger partial charge on any atom is 0.259 e. The van der Waals surface area contributed by atoms with Crippen molar-refractivity contribution in [2.24, 2.45) is 0 Å². The van der Waals surface area contributed by atoms with E-state index in [0.717, 1.165) is 11.3 Å².